The number of ether oxygens (including phenoxy) is 1. The van der Waals surface area contributed by atoms with E-state index in [1.165, 1.54) is 19.2 Å². The van der Waals surface area contributed by atoms with Crippen molar-refractivity contribution in [3.8, 4) is 0 Å². The molecule has 1 aromatic heterocycles. The van der Waals surface area contributed by atoms with Gasteiger partial charge < -0.3 is 10.1 Å². The fraction of sp³-hybridized carbons (Fsp3) is 0.182. The minimum Gasteiger partial charge on any atom is -0.465 e. The van der Waals surface area contributed by atoms with E-state index in [0.29, 0.717) is 11.3 Å². The lowest BCUT2D eigenvalue weighted by Gasteiger charge is -2.18. The number of benzene rings is 2. The summed E-state index contributed by atoms with van der Waals surface area (Å²) in [6.45, 7) is 1.89. The van der Waals surface area contributed by atoms with Gasteiger partial charge in [0.25, 0.3) is 0 Å². The molecule has 7 heteroatoms. The number of aryl methyl sites for hydroxylation is 1. The molecule has 0 saturated heterocycles. The van der Waals surface area contributed by atoms with Crippen LogP contribution in [0.4, 0.5) is 10.1 Å². The van der Waals surface area contributed by atoms with Gasteiger partial charge in [-0.2, -0.15) is 0 Å². The van der Waals surface area contributed by atoms with Crippen molar-refractivity contribution in [1.82, 2.24) is 5.32 Å². The highest BCUT2D eigenvalue weighted by Gasteiger charge is 2.17. The van der Waals surface area contributed by atoms with Gasteiger partial charge in [-0.3, -0.25) is 10.1 Å². The molecule has 1 heterocycles. The fourth-order valence-electron chi connectivity index (χ4n) is 2.88. The largest absolute Gasteiger partial charge is 0.465 e. The summed E-state index contributed by atoms with van der Waals surface area (Å²) in [5.41, 5.74) is 2.61. The van der Waals surface area contributed by atoms with Crippen molar-refractivity contribution in [2.45, 2.75) is 13.0 Å². The maximum atomic E-state index is 13.3. The van der Waals surface area contributed by atoms with E-state index in [4.69, 9.17) is 4.74 Å². The van der Waals surface area contributed by atoms with Crippen LogP contribution in [0, 0.1) is 12.7 Å². The van der Waals surface area contributed by atoms with Crippen molar-refractivity contribution in [1.29, 1.82) is 0 Å². The van der Waals surface area contributed by atoms with Crippen LogP contribution in [0.1, 0.15) is 32.4 Å². The van der Waals surface area contributed by atoms with Crippen molar-refractivity contribution < 1.29 is 18.7 Å². The van der Waals surface area contributed by atoms with Crippen LogP contribution < -0.4 is 10.6 Å². The summed E-state index contributed by atoms with van der Waals surface area (Å²) in [5, 5.41) is 8.01. The molecule has 29 heavy (non-hydrogen) atoms. The minimum atomic E-state index is -0.465. The number of carbonyl (C=O) groups is 2. The smallest absolute Gasteiger partial charge is 0.337 e. The predicted octanol–water partition coefficient (Wildman–Crippen LogP) is 4.30. The third kappa shape index (κ3) is 5.28. The van der Waals surface area contributed by atoms with Crippen LogP contribution in [0.2, 0.25) is 0 Å². The fourth-order valence-corrected chi connectivity index (χ4v) is 3.71. The van der Waals surface area contributed by atoms with Crippen molar-refractivity contribution in [3.63, 3.8) is 0 Å². The number of halogens is 1. The quantitative estimate of drug-likeness (QED) is 0.568. The van der Waals surface area contributed by atoms with Gasteiger partial charge in [0.2, 0.25) is 5.91 Å². The van der Waals surface area contributed by atoms with Crippen LogP contribution >= 0.6 is 11.3 Å². The molecule has 0 aliphatic carbocycles. The molecule has 0 radical (unpaired) electrons. The Hall–Kier alpha value is -3.03. The number of hydrogen-bond acceptors (Lipinski definition) is 5. The van der Waals surface area contributed by atoms with Gasteiger partial charge in [-0.1, -0.05) is 24.3 Å². The monoisotopic (exact) mass is 412 g/mol. The molecule has 0 aliphatic heterocycles. The molecule has 5 nitrogen and oxygen atoms in total. The maximum Gasteiger partial charge on any atom is 0.337 e. The highest BCUT2D eigenvalue weighted by atomic mass is 32.1. The van der Waals surface area contributed by atoms with Crippen LogP contribution in [-0.4, -0.2) is 25.5 Å². The predicted molar refractivity (Wildman–Crippen MR) is 112 cm³/mol. The topological polar surface area (TPSA) is 67.4 Å². The number of rotatable bonds is 7. The normalized spacial score (nSPS) is 11.7. The van der Waals surface area contributed by atoms with Gasteiger partial charge in [-0.15, -0.1) is 11.3 Å². The second-order valence-electron chi connectivity index (χ2n) is 6.45. The van der Waals surface area contributed by atoms with E-state index in [9.17, 15) is 14.0 Å². The number of hydrogen-bond donors (Lipinski definition) is 2. The Labute approximate surface area is 172 Å². The number of anilines is 1. The lowest BCUT2D eigenvalue weighted by Crippen LogP contribution is -2.31. The first kappa shape index (κ1) is 20.7. The zero-order valence-corrected chi connectivity index (χ0v) is 16.9. The van der Waals surface area contributed by atoms with E-state index in [2.05, 4.69) is 10.6 Å². The number of thiophene rings is 1. The molecule has 0 unspecified atom stereocenters. The third-order valence-corrected chi connectivity index (χ3v) is 5.37. The van der Waals surface area contributed by atoms with Crippen LogP contribution in [0.15, 0.2) is 60.0 Å². The second kappa shape index (κ2) is 9.45. The molecule has 0 spiro atoms. The standard InChI is InChI=1S/C22H21FN2O3S/c1-14-5-6-16(22(27)28-2)12-18(14)25-20(26)13-24-21(19-4-3-11-29-19)15-7-9-17(23)10-8-15/h3-12,21,24H,13H2,1-2H3,(H,25,26)/t21-/m1/s1. The Morgan fingerprint density at radius 1 is 1.14 bits per heavy atom. The first-order valence-electron chi connectivity index (χ1n) is 8.99. The molecule has 0 bridgehead atoms. The zero-order chi connectivity index (χ0) is 20.8. The van der Waals surface area contributed by atoms with Gasteiger partial charge in [0, 0.05) is 10.6 Å². The molecule has 1 atom stereocenters. The molecule has 0 aliphatic rings. The average molecular weight is 412 g/mol. The Bertz CT molecular complexity index is 988. The van der Waals surface area contributed by atoms with Crippen LogP contribution in [0.5, 0.6) is 0 Å². The summed E-state index contributed by atoms with van der Waals surface area (Å²) in [6.07, 6.45) is 0. The molecule has 150 valence electrons. The average Bonchev–Trinajstić information content (AvgIpc) is 3.25. The van der Waals surface area contributed by atoms with Gasteiger partial charge in [0.15, 0.2) is 0 Å². The molecule has 3 aromatic rings. The van der Waals surface area contributed by atoms with Crippen molar-refractivity contribution in [2.24, 2.45) is 0 Å². The molecule has 1 amide bonds. The third-order valence-electron chi connectivity index (χ3n) is 4.43. The Morgan fingerprint density at radius 3 is 2.55 bits per heavy atom. The number of esters is 1. The van der Waals surface area contributed by atoms with E-state index < -0.39 is 5.97 Å². The number of amides is 1. The van der Waals surface area contributed by atoms with E-state index in [1.54, 1.807) is 41.7 Å². The first-order chi connectivity index (χ1) is 14.0. The number of methoxy groups -OCH3 is 1. The summed E-state index contributed by atoms with van der Waals surface area (Å²) in [4.78, 5) is 25.3. The van der Waals surface area contributed by atoms with Gasteiger partial charge in [0.1, 0.15) is 5.82 Å². The molecule has 0 saturated carbocycles. The van der Waals surface area contributed by atoms with Crippen molar-refractivity contribution in [3.05, 3.63) is 87.4 Å². The van der Waals surface area contributed by atoms with Crippen molar-refractivity contribution >= 4 is 28.9 Å². The summed E-state index contributed by atoms with van der Waals surface area (Å²) in [6, 6.07) is 14.9. The second-order valence-corrected chi connectivity index (χ2v) is 7.43. The summed E-state index contributed by atoms with van der Waals surface area (Å²) >= 11 is 1.56. The van der Waals surface area contributed by atoms with Gasteiger partial charge in [-0.25, -0.2) is 9.18 Å². The molecule has 0 fully saturated rings. The number of carbonyl (C=O) groups excluding carboxylic acids is 2. The minimum absolute atomic E-state index is 0.0435. The molecule has 2 aromatic carbocycles. The zero-order valence-electron chi connectivity index (χ0n) is 16.1. The maximum absolute atomic E-state index is 13.3. The highest BCUT2D eigenvalue weighted by molar-refractivity contribution is 7.10. The molecule has 2 N–H and O–H groups in total. The van der Waals surface area contributed by atoms with Gasteiger partial charge in [-0.05, 0) is 53.8 Å². The van der Waals surface area contributed by atoms with Gasteiger partial charge >= 0.3 is 5.97 Å². The van der Waals surface area contributed by atoms with Crippen molar-refractivity contribution in [2.75, 3.05) is 19.0 Å². The molecular weight excluding hydrogens is 391 g/mol. The molecular formula is C22H21FN2O3S. The summed E-state index contributed by atoms with van der Waals surface area (Å²) < 4.78 is 18.0. The Morgan fingerprint density at radius 2 is 1.90 bits per heavy atom. The highest BCUT2D eigenvalue weighted by Crippen LogP contribution is 2.26. The van der Waals surface area contributed by atoms with E-state index in [1.807, 2.05) is 24.4 Å². The van der Waals surface area contributed by atoms with E-state index in [-0.39, 0.29) is 24.3 Å². The summed E-state index contributed by atoms with van der Waals surface area (Å²) in [7, 11) is 1.31. The van der Waals surface area contributed by atoms with E-state index >= 15 is 0 Å². The lowest BCUT2D eigenvalue weighted by atomic mass is 10.1. The van der Waals surface area contributed by atoms with Crippen LogP contribution in [0.3, 0.4) is 0 Å². The van der Waals surface area contributed by atoms with Crippen LogP contribution in [0.25, 0.3) is 0 Å². The number of nitrogens with one attached hydrogen (secondary N) is 2. The lowest BCUT2D eigenvalue weighted by molar-refractivity contribution is -0.115. The first-order valence-corrected chi connectivity index (χ1v) is 9.87. The van der Waals surface area contributed by atoms with E-state index in [0.717, 1.165) is 16.0 Å². The Balaban J connectivity index is 1.71. The van der Waals surface area contributed by atoms with Crippen LogP contribution in [-0.2, 0) is 9.53 Å². The molecule has 3 rings (SSSR count). The SMILES string of the molecule is COC(=O)c1ccc(C)c(NC(=O)CN[C@H](c2ccc(F)cc2)c2cccs2)c1. The summed E-state index contributed by atoms with van der Waals surface area (Å²) in [5.74, 6) is -1.02. The van der Waals surface area contributed by atoms with Gasteiger partial charge in [0.05, 0.1) is 25.3 Å². The Kier molecular flexibility index (Phi) is 6.74.